The molecule has 0 radical (unpaired) electrons. The second kappa shape index (κ2) is 6.49. The van der Waals surface area contributed by atoms with Crippen LogP contribution >= 0.6 is 0 Å². The highest BCUT2D eigenvalue weighted by molar-refractivity contribution is 5.53. The SMILES string of the molecule is Fc1cccc(Nc2ncc(C(F)(F)F)c(OCC(F)(F)F)n2)c1. The van der Waals surface area contributed by atoms with Crippen LogP contribution in [0.2, 0.25) is 0 Å². The summed E-state index contributed by atoms with van der Waals surface area (Å²) >= 11 is 0. The predicted molar refractivity (Wildman–Crippen MR) is 68.3 cm³/mol. The molecule has 1 N–H and O–H groups in total. The number of anilines is 2. The molecule has 0 saturated carbocycles. The van der Waals surface area contributed by atoms with Crippen LogP contribution in [0, 0.1) is 5.82 Å². The van der Waals surface area contributed by atoms with Crippen molar-refractivity contribution in [3.8, 4) is 5.88 Å². The van der Waals surface area contributed by atoms with Crippen molar-refractivity contribution in [2.75, 3.05) is 11.9 Å². The highest BCUT2D eigenvalue weighted by Crippen LogP contribution is 2.35. The predicted octanol–water partition coefficient (Wildman–Crippen LogP) is 4.32. The number of nitrogens with one attached hydrogen (secondary N) is 1. The minimum atomic E-state index is -5.00. The van der Waals surface area contributed by atoms with Crippen molar-refractivity contribution >= 4 is 11.6 Å². The summed E-state index contributed by atoms with van der Waals surface area (Å²) in [7, 11) is 0. The van der Waals surface area contributed by atoms with Crippen LogP contribution in [-0.4, -0.2) is 22.8 Å². The molecule has 1 aromatic carbocycles. The number of nitrogens with zero attached hydrogens (tertiary/aromatic N) is 2. The van der Waals surface area contributed by atoms with Gasteiger partial charge in [-0.05, 0) is 18.2 Å². The molecule has 0 fully saturated rings. The Hall–Kier alpha value is -2.59. The maximum absolute atomic E-state index is 13.0. The quantitative estimate of drug-likeness (QED) is 0.830. The Kier molecular flexibility index (Phi) is 4.81. The van der Waals surface area contributed by atoms with Gasteiger partial charge in [0.25, 0.3) is 0 Å². The Morgan fingerprint density at radius 3 is 2.38 bits per heavy atom. The standard InChI is InChI=1S/C13H8F7N3O/c14-7-2-1-3-8(4-7)22-11-21-5-9(13(18,19)20)10(23-11)24-6-12(15,16)17/h1-5H,6H2,(H,21,22,23). The van der Waals surface area contributed by atoms with E-state index in [1.54, 1.807) is 0 Å². The van der Waals surface area contributed by atoms with Crippen LogP contribution in [0.4, 0.5) is 42.4 Å². The molecule has 24 heavy (non-hydrogen) atoms. The largest absolute Gasteiger partial charge is 0.467 e. The average Bonchev–Trinajstić information content (AvgIpc) is 2.43. The van der Waals surface area contributed by atoms with Gasteiger partial charge >= 0.3 is 12.4 Å². The number of hydrogen-bond acceptors (Lipinski definition) is 4. The molecular formula is C13H8F7N3O. The summed E-state index contributed by atoms with van der Waals surface area (Å²) in [5, 5.41) is 2.37. The van der Waals surface area contributed by atoms with Gasteiger partial charge in [-0.1, -0.05) is 6.07 Å². The monoisotopic (exact) mass is 355 g/mol. The molecule has 0 saturated heterocycles. The number of alkyl halides is 6. The highest BCUT2D eigenvalue weighted by atomic mass is 19.4. The first-order valence-corrected chi connectivity index (χ1v) is 6.21. The first kappa shape index (κ1) is 17.8. The van der Waals surface area contributed by atoms with E-state index in [2.05, 4.69) is 20.0 Å². The van der Waals surface area contributed by atoms with Gasteiger partial charge in [-0.15, -0.1) is 0 Å². The van der Waals surface area contributed by atoms with Gasteiger partial charge in [0.05, 0.1) is 0 Å². The summed E-state index contributed by atoms with van der Waals surface area (Å²) in [6.45, 7) is -1.95. The lowest BCUT2D eigenvalue weighted by Gasteiger charge is -2.15. The lowest BCUT2D eigenvalue weighted by molar-refractivity contribution is -0.159. The molecule has 11 heteroatoms. The van der Waals surface area contributed by atoms with Gasteiger partial charge in [0.1, 0.15) is 11.4 Å². The van der Waals surface area contributed by atoms with E-state index < -0.39 is 42.2 Å². The molecule has 130 valence electrons. The van der Waals surface area contributed by atoms with Gasteiger partial charge in [0, 0.05) is 11.9 Å². The molecule has 4 nitrogen and oxygen atoms in total. The molecule has 1 aromatic heterocycles. The summed E-state index contributed by atoms with van der Waals surface area (Å²) in [5.41, 5.74) is -1.46. The van der Waals surface area contributed by atoms with E-state index in [1.807, 2.05) is 0 Å². The average molecular weight is 355 g/mol. The molecule has 2 aromatic rings. The van der Waals surface area contributed by atoms with Gasteiger partial charge < -0.3 is 10.1 Å². The van der Waals surface area contributed by atoms with Crippen LogP contribution in [0.3, 0.4) is 0 Å². The van der Waals surface area contributed by atoms with Crippen LogP contribution in [0.25, 0.3) is 0 Å². The molecule has 0 amide bonds. The molecule has 0 spiro atoms. The van der Waals surface area contributed by atoms with E-state index in [-0.39, 0.29) is 11.9 Å². The van der Waals surface area contributed by atoms with Gasteiger partial charge in [0.2, 0.25) is 11.8 Å². The number of hydrogen-bond donors (Lipinski definition) is 1. The van der Waals surface area contributed by atoms with Crippen LogP contribution in [0.15, 0.2) is 30.5 Å². The van der Waals surface area contributed by atoms with E-state index in [9.17, 15) is 30.7 Å². The first-order valence-electron chi connectivity index (χ1n) is 6.21. The third kappa shape index (κ3) is 4.96. The summed E-state index contributed by atoms with van der Waals surface area (Å²) in [4.78, 5) is 6.63. The minimum absolute atomic E-state index is 0.0940. The lowest BCUT2D eigenvalue weighted by atomic mass is 10.3. The molecule has 0 aliphatic carbocycles. The van der Waals surface area contributed by atoms with Crippen molar-refractivity contribution in [1.82, 2.24) is 9.97 Å². The van der Waals surface area contributed by atoms with Gasteiger partial charge in [-0.3, -0.25) is 0 Å². The Morgan fingerprint density at radius 1 is 1.08 bits per heavy atom. The smallest absolute Gasteiger partial charge is 0.423 e. The maximum atomic E-state index is 13.0. The van der Waals surface area contributed by atoms with Crippen LogP contribution < -0.4 is 10.1 Å². The second-order valence-corrected chi connectivity index (χ2v) is 4.45. The normalized spacial score (nSPS) is 12.1. The first-order chi connectivity index (χ1) is 11.0. The number of ether oxygens (including phenoxy) is 1. The Morgan fingerprint density at radius 2 is 1.79 bits per heavy atom. The van der Waals surface area contributed by atoms with Crippen molar-refractivity contribution in [2.45, 2.75) is 12.4 Å². The molecule has 0 unspecified atom stereocenters. The van der Waals surface area contributed by atoms with Crippen molar-refractivity contribution in [3.63, 3.8) is 0 Å². The fraction of sp³-hybridized carbons (Fsp3) is 0.231. The molecule has 0 atom stereocenters. The maximum Gasteiger partial charge on any atom is 0.423 e. The number of rotatable bonds is 4. The zero-order valence-corrected chi connectivity index (χ0v) is 11.5. The number of aromatic nitrogens is 2. The van der Waals surface area contributed by atoms with Crippen LogP contribution in [0.5, 0.6) is 5.88 Å². The molecular weight excluding hydrogens is 347 g/mol. The number of benzene rings is 1. The molecule has 0 aliphatic rings. The minimum Gasteiger partial charge on any atom is -0.467 e. The zero-order chi connectivity index (χ0) is 18.0. The van der Waals surface area contributed by atoms with E-state index in [1.165, 1.54) is 12.1 Å². The van der Waals surface area contributed by atoms with Gasteiger partial charge in [-0.25, -0.2) is 9.37 Å². The third-order valence-electron chi connectivity index (χ3n) is 2.51. The molecule has 0 aliphatic heterocycles. The topological polar surface area (TPSA) is 47.0 Å². The van der Waals surface area contributed by atoms with Gasteiger partial charge in [0.15, 0.2) is 6.61 Å². The Balaban J connectivity index is 2.30. The lowest BCUT2D eigenvalue weighted by Crippen LogP contribution is -2.22. The van der Waals surface area contributed by atoms with E-state index in [0.29, 0.717) is 0 Å². The fourth-order valence-electron chi connectivity index (χ4n) is 1.58. The summed E-state index contributed by atoms with van der Waals surface area (Å²) in [6.07, 6.45) is -9.57. The summed E-state index contributed by atoms with van der Waals surface area (Å²) < 4.78 is 91.9. The summed E-state index contributed by atoms with van der Waals surface area (Å²) in [5.74, 6) is -2.40. The number of halogens is 7. The Labute approximate surface area is 130 Å². The van der Waals surface area contributed by atoms with Crippen molar-refractivity contribution < 1.29 is 35.5 Å². The van der Waals surface area contributed by atoms with Crippen molar-refractivity contribution in [2.24, 2.45) is 0 Å². The Bertz CT molecular complexity index is 715. The highest BCUT2D eigenvalue weighted by Gasteiger charge is 2.38. The van der Waals surface area contributed by atoms with E-state index in [4.69, 9.17) is 0 Å². The fourth-order valence-corrected chi connectivity index (χ4v) is 1.58. The third-order valence-corrected chi connectivity index (χ3v) is 2.51. The molecule has 0 bridgehead atoms. The molecule has 1 heterocycles. The van der Waals surface area contributed by atoms with Crippen LogP contribution in [-0.2, 0) is 6.18 Å². The molecule has 2 rings (SSSR count). The van der Waals surface area contributed by atoms with Crippen molar-refractivity contribution in [3.05, 3.63) is 41.8 Å². The van der Waals surface area contributed by atoms with Gasteiger partial charge in [-0.2, -0.15) is 31.3 Å². The second-order valence-electron chi connectivity index (χ2n) is 4.45. The van der Waals surface area contributed by atoms with E-state index in [0.717, 1.165) is 12.1 Å². The van der Waals surface area contributed by atoms with E-state index >= 15 is 0 Å². The zero-order valence-electron chi connectivity index (χ0n) is 11.5. The van der Waals surface area contributed by atoms with Crippen molar-refractivity contribution in [1.29, 1.82) is 0 Å². The summed E-state index contributed by atoms with van der Waals surface area (Å²) in [6, 6.07) is 4.79. The van der Waals surface area contributed by atoms with Crippen LogP contribution in [0.1, 0.15) is 5.56 Å².